The standard InChI is InChI=1S/C13H13N3S.C9H8F4/c1-3-10-5-6-12(9-11(10)4-1)17-16-13-14-7-2-8-15-13;10-5-4-7-2-1-3-8(6-7)9(11,12)13/h2,5-9H,1,3-4H2,(H,14,15,16);1-3,6H,4-5H2. The van der Waals surface area contributed by atoms with Crippen molar-refractivity contribution in [3.63, 3.8) is 0 Å². The van der Waals surface area contributed by atoms with Crippen molar-refractivity contribution in [1.82, 2.24) is 9.97 Å². The lowest BCUT2D eigenvalue weighted by molar-refractivity contribution is -0.137. The van der Waals surface area contributed by atoms with E-state index in [1.807, 2.05) is 6.07 Å². The van der Waals surface area contributed by atoms with Gasteiger partial charge < -0.3 is 0 Å². The van der Waals surface area contributed by atoms with E-state index >= 15 is 0 Å². The topological polar surface area (TPSA) is 37.8 Å². The van der Waals surface area contributed by atoms with Gasteiger partial charge in [0.1, 0.15) is 0 Å². The zero-order valence-electron chi connectivity index (χ0n) is 16.1. The van der Waals surface area contributed by atoms with Crippen molar-refractivity contribution in [2.45, 2.75) is 36.8 Å². The molecule has 30 heavy (non-hydrogen) atoms. The molecular weight excluding hydrogens is 414 g/mol. The SMILES string of the molecule is FCCc1cccc(C(F)(F)F)c1.c1cnc(NSc2ccc3c(c2)CCC3)nc1. The number of hydrogen-bond donors (Lipinski definition) is 1. The molecule has 0 saturated carbocycles. The molecule has 0 spiro atoms. The third kappa shape index (κ3) is 6.45. The van der Waals surface area contributed by atoms with Gasteiger partial charge in [-0.2, -0.15) is 13.2 Å². The highest BCUT2D eigenvalue weighted by Gasteiger charge is 2.30. The molecule has 1 N–H and O–H groups in total. The molecule has 0 aliphatic heterocycles. The number of aromatic nitrogens is 2. The number of anilines is 1. The fourth-order valence-electron chi connectivity index (χ4n) is 3.08. The van der Waals surface area contributed by atoms with Crippen LogP contribution in [-0.4, -0.2) is 16.6 Å². The van der Waals surface area contributed by atoms with Crippen molar-refractivity contribution in [3.05, 3.63) is 83.2 Å². The quantitative estimate of drug-likeness (QED) is 0.377. The van der Waals surface area contributed by atoms with Crippen LogP contribution >= 0.6 is 11.9 Å². The molecule has 0 bridgehead atoms. The van der Waals surface area contributed by atoms with E-state index in [9.17, 15) is 17.6 Å². The van der Waals surface area contributed by atoms with Crippen LogP contribution in [0.5, 0.6) is 0 Å². The van der Waals surface area contributed by atoms with E-state index in [0.29, 0.717) is 11.5 Å². The van der Waals surface area contributed by atoms with Gasteiger partial charge in [-0.3, -0.25) is 9.11 Å². The first kappa shape index (κ1) is 22.1. The summed E-state index contributed by atoms with van der Waals surface area (Å²) in [7, 11) is 0. The number of nitrogens with one attached hydrogen (secondary N) is 1. The van der Waals surface area contributed by atoms with Gasteiger partial charge >= 0.3 is 6.18 Å². The fraction of sp³-hybridized carbons (Fsp3) is 0.273. The molecule has 1 aliphatic rings. The van der Waals surface area contributed by atoms with Crippen molar-refractivity contribution < 1.29 is 17.6 Å². The summed E-state index contributed by atoms with van der Waals surface area (Å²) in [5, 5.41) is 0. The summed E-state index contributed by atoms with van der Waals surface area (Å²) in [6.07, 6.45) is 2.90. The summed E-state index contributed by atoms with van der Waals surface area (Å²) in [5.41, 5.74) is 2.65. The molecule has 0 fully saturated rings. The minimum atomic E-state index is -4.34. The van der Waals surface area contributed by atoms with E-state index in [1.54, 1.807) is 24.3 Å². The van der Waals surface area contributed by atoms with E-state index in [1.165, 1.54) is 47.4 Å². The molecule has 4 rings (SSSR count). The predicted octanol–water partition coefficient (Wildman–Crippen LogP) is 6.30. The van der Waals surface area contributed by atoms with Crippen molar-refractivity contribution in [2.24, 2.45) is 0 Å². The molecular formula is C22H21F4N3S. The molecule has 1 heterocycles. The fourth-order valence-corrected chi connectivity index (χ4v) is 3.73. The van der Waals surface area contributed by atoms with Crippen molar-refractivity contribution >= 4 is 17.9 Å². The highest BCUT2D eigenvalue weighted by atomic mass is 32.2. The van der Waals surface area contributed by atoms with Crippen LogP contribution in [-0.2, 0) is 25.4 Å². The highest BCUT2D eigenvalue weighted by Crippen LogP contribution is 2.29. The Bertz CT molecular complexity index is 949. The molecule has 0 radical (unpaired) electrons. The molecule has 0 unspecified atom stereocenters. The Balaban J connectivity index is 0.000000178. The maximum atomic E-state index is 12.1. The average molecular weight is 435 g/mol. The molecule has 0 atom stereocenters. The van der Waals surface area contributed by atoms with E-state index in [4.69, 9.17) is 0 Å². The van der Waals surface area contributed by atoms with Gasteiger partial charge in [-0.15, -0.1) is 0 Å². The summed E-state index contributed by atoms with van der Waals surface area (Å²) >= 11 is 1.56. The monoisotopic (exact) mass is 435 g/mol. The minimum absolute atomic E-state index is 0.0317. The normalized spacial score (nSPS) is 12.7. The average Bonchev–Trinajstić information content (AvgIpc) is 3.21. The number of nitrogens with zero attached hydrogens (tertiary/aromatic N) is 2. The molecule has 0 amide bonds. The minimum Gasteiger partial charge on any atom is -0.294 e. The van der Waals surface area contributed by atoms with Gasteiger partial charge in [-0.25, -0.2) is 9.97 Å². The molecule has 0 saturated heterocycles. The van der Waals surface area contributed by atoms with Gasteiger partial charge in [-0.05, 0) is 72.2 Å². The maximum absolute atomic E-state index is 12.1. The predicted molar refractivity (Wildman–Crippen MR) is 111 cm³/mol. The largest absolute Gasteiger partial charge is 0.416 e. The highest BCUT2D eigenvalue weighted by molar-refractivity contribution is 8.00. The lowest BCUT2D eigenvalue weighted by Crippen LogP contribution is -2.05. The Labute approximate surface area is 177 Å². The second-order valence-corrected chi connectivity index (χ2v) is 7.58. The number of rotatable bonds is 5. The second kappa shape index (κ2) is 10.4. The third-order valence-electron chi connectivity index (χ3n) is 4.53. The summed E-state index contributed by atoms with van der Waals surface area (Å²) in [6.45, 7) is -0.638. The summed E-state index contributed by atoms with van der Waals surface area (Å²) < 4.78 is 51.3. The number of fused-ring (bicyclic) bond motifs is 1. The Morgan fingerprint density at radius 3 is 2.43 bits per heavy atom. The van der Waals surface area contributed by atoms with Gasteiger partial charge in [0.2, 0.25) is 5.95 Å². The molecule has 3 aromatic rings. The number of alkyl halides is 4. The third-order valence-corrected chi connectivity index (χ3v) is 5.31. The van der Waals surface area contributed by atoms with Crippen LogP contribution in [0.25, 0.3) is 0 Å². The van der Waals surface area contributed by atoms with Crippen LogP contribution in [0, 0.1) is 0 Å². The lowest BCUT2D eigenvalue weighted by Gasteiger charge is -2.07. The summed E-state index contributed by atoms with van der Waals surface area (Å²) in [5.74, 6) is 0.651. The van der Waals surface area contributed by atoms with Gasteiger partial charge in [-0.1, -0.05) is 24.3 Å². The molecule has 2 aromatic carbocycles. The lowest BCUT2D eigenvalue weighted by atomic mass is 10.1. The van der Waals surface area contributed by atoms with Crippen LogP contribution in [0.4, 0.5) is 23.5 Å². The van der Waals surface area contributed by atoms with Gasteiger partial charge in [0, 0.05) is 23.7 Å². The Kier molecular flexibility index (Phi) is 7.68. The zero-order chi connectivity index (χ0) is 21.4. The maximum Gasteiger partial charge on any atom is 0.416 e. The number of hydrogen-bond acceptors (Lipinski definition) is 4. The van der Waals surface area contributed by atoms with Gasteiger partial charge in [0.05, 0.1) is 12.2 Å². The number of halogens is 4. The van der Waals surface area contributed by atoms with Gasteiger partial charge in [0.15, 0.2) is 0 Å². The van der Waals surface area contributed by atoms with Crippen LogP contribution in [0.3, 0.4) is 0 Å². The van der Waals surface area contributed by atoms with Crippen molar-refractivity contribution in [3.8, 4) is 0 Å². The second-order valence-electron chi connectivity index (χ2n) is 6.70. The van der Waals surface area contributed by atoms with Crippen LogP contribution < -0.4 is 4.72 Å². The van der Waals surface area contributed by atoms with E-state index in [-0.39, 0.29) is 6.42 Å². The first-order chi connectivity index (χ1) is 14.5. The number of benzene rings is 2. The Morgan fingerprint density at radius 2 is 1.70 bits per heavy atom. The van der Waals surface area contributed by atoms with Crippen LogP contribution in [0.1, 0.15) is 28.7 Å². The summed E-state index contributed by atoms with van der Waals surface area (Å²) in [6, 6.07) is 13.2. The van der Waals surface area contributed by atoms with Crippen LogP contribution in [0.2, 0.25) is 0 Å². The molecule has 158 valence electrons. The van der Waals surface area contributed by atoms with Crippen molar-refractivity contribution in [2.75, 3.05) is 11.4 Å². The molecule has 1 aromatic heterocycles. The van der Waals surface area contributed by atoms with Gasteiger partial charge in [0.25, 0.3) is 0 Å². The first-order valence-electron chi connectivity index (χ1n) is 9.49. The Morgan fingerprint density at radius 1 is 0.933 bits per heavy atom. The molecule has 1 aliphatic carbocycles. The molecule has 8 heteroatoms. The zero-order valence-corrected chi connectivity index (χ0v) is 16.9. The van der Waals surface area contributed by atoms with E-state index in [0.717, 1.165) is 12.1 Å². The van der Waals surface area contributed by atoms with E-state index < -0.39 is 18.4 Å². The Hall–Kier alpha value is -2.61. The first-order valence-corrected chi connectivity index (χ1v) is 10.3. The van der Waals surface area contributed by atoms with Crippen LogP contribution in [0.15, 0.2) is 65.8 Å². The van der Waals surface area contributed by atoms with Crippen molar-refractivity contribution in [1.29, 1.82) is 0 Å². The smallest absolute Gasteiger partial charge is 0.294 e. The summed E-state index contributed by atoms with van der Waals surface area (Å²) in [4.78, 5) is 9.47. The molecule has 3 nitrogen and oxygen atoms in total. The van der Waals surface area contributed by atoms with E-state index in [2.05, 4.69) is 32.9 Å². The number of aryl methyl sites for hydroxylation is 3.